The fraction of sp³-hybridized carbons (Fsp3) is 0.319. The molecule has 304 valence electrons. The fourth-order valence-electron chi connectivity index (χ4n) is 6.93. The number of benzene rings is 4. The molecule has 0 aliphatic heterocycles. The van der Waals surface area contributed by atoms with Crippen molar-refractivity contribution in [2.45, 2.75) is 69.7 Å². The average molecular weight is 788 g/mol. The van der Waals surface area contributed by atoms with Crippen LogP contribution in [0.4, 0.5) is 4.79 Å². The molecule has 58 heavy (non-hydrogen) atoms. The second-order valence-corrected chi connectivity index (χ2v) is 14.4. The molecule has 0 fully saturated rings. The zero-order chi connectivity index (χ0) is 41.3. The highest BCUT2D eigenvalue weighted by molar-refractivity contribution is 5.86. The minimum Gasteiger partial charge on any atom is -0.489 e. The topological polar surface area (TPSA) is 152 Å². The lowest BCUT2D eigenvalue weighted by atomic mass is 9.98. The molecule has 4 N–H and O–H groups in total. The Hall–Kier alpha value is -6.20. The molecule has 1 aliphatic rings. The van der Waals surface area contributed by atoms with E-state index in [4.69, 9.17) is 14.2 Å². The molecular formula is C47H53N3O8. The van der Waals surface area contributed by atoms with Crippen molar-refractivity contribution in [1.82, 2.24) is 16.0 Å². The molecule has 0 radical (unpaired) electrons. The van der Waals surface area contributed by atoms with Crippen molar-refractivity contribution in [3.63, 3.8) is 0 Å². The van der Waals surface area contributed by atoms with E-state index in [1.54, 1.807) is 19.1 Å². The van der Waals surface area contributed by atoms with Gasteiger partial charge in [0.2, 0.25) is 11.8 Å². The monoisotopic (exact) mass is 787 g/mol. The van der Waals surface area contributed by atoms with Crippen LogP contribution in [0.3, 0.4) is 0 Å². The summed E-state index contributed by atoms with van der Waals surface area (Å²) in [5, 5.41) is 18.3. The molecular weight excluding hydrogens is 735 g/mol. The van der Waals surface area contributed by atoms with Crippen LogP contribution in [0.15, 0.2) is 128 Å². The zero-order valence-electron chi connectivity index (χ0n) is 32.9. The van der Waals surface area contributed by atoms with E-state index >= 15 is 0 Å². The lowest BCUT2D eigenvalue weighted by molar-refractivity contribution is -0.147. The van der Waals surface area contributed by atoms with Gasteiger partial charge < -0.3 is 35.3 Å². The fourth-order valence-corrected chi connectivity index (χ4v) is 6.93. The third kappa shape index (κ3) is 12.4. The molecule has 0 spiro atoms. The Morgan fingerprint density at radius 2 is 1.43 bits per heavy atom. The molecule has 4 atom stereocenters. The molecule has 0 heterocycles. The molecule has 1 aliphatic carbocycles. The van der Waals surface area contributed by atoms with Crippen LogP contribution in [-0.2, 0) is 36.9 Å². The highest BCUT2D eigenvalue weighted by atomic mass is 16.6. The van der Waals surface area contributed by atoms with Gasteiger partial charge in [-0.2, -0.15) is 0 Å². The van der Waals surface area contributed by atoms with Gasteiger partial charge in [-0.1, -0.05) is 103 Å². The largest absolute Gasteiger partial charge is 0.489 e. The summed E-state index contributed by atoms with van der Waals surface area (Å²) in [4.78, 5) is 52.5. The summed E-state index contributed by atoms with van der Waals surface area (Å²) in [6, 6.07) is 31.2. The van der Waals surface area contributed by atoms with Crippen LogP contribution in [-0.4, -0.2) is 66.9 Å². The van der Waals surface area contributed by atoms with Crippen LogP contribution < -0.4 is 20.7 Å². The van der Waals surface area contributed by atoms with Crippen LogP contribution in [0.5, 0.6) is 5.75 Å². The van der Waals surface area contributed by atoms with Gasteiger partial charge in [0.25, 0.3) is 0 Å². The number of allylic oxidation sites excluding steroid dienone is 2. The molecule has 0 bridgehead atoms. The summed E-state index contributed by atoms with van der Waals surface area (Å²) >= 11 is 0. The number of aliphatic hydroxyl groups is 1. The lowest BCUT2D eigenvalue weighted by Gasteiger charge is -2.22. The maximum absolute atomic E-state index is 13.3. The smallest absolute Gasteiger partial charge is 0.407 e. The Balaban J connectivity index is 1.06. The van der Waals surface area contributed by atoms with Gasteiger partial charge in [-0.15, -0.1) is 13.2 Å². The summed E-state index contributed by atoms with van der Waals surface area (Å²) in [6.07, 6.45) is 3.61. The zero-order valence-corrected chi connectivity index (χ0v) is 32.9. The molecule has 3 amide bonds. The maximum atomic E-state index is 13.3. The second-order valence-electron chi connectivity index (χ2n) is 14.4. The van der Waals surface area contributed by atoms with E-state index in [0.29, 0.717) is 25.2 Å². The standard InChI is InChI=1S/C47H53N3O8/c1-4-6-21-43(50-47(55)58-31-42-40-19-12-10-17-38(40)39-18-11-13-20-41(39)42)46(54)57-29-32(3)48-45(53)35(14-5-2)27-44(52)49-36(28-51)26-33-22-24-37(25-23-33)56-30-34-15-8-7-9-16-34/h4-5,7-13,15-20,22-25,32,35-36,42-43,51H,1-2,6,14,21,26-31H2,3H3,(H,48,53)(H,49,52)(H,50,55). The van der Waals surface area contributed by atoms with Crippen molar-refractivity contribution >= 4 is 23.9 Å². The van der Waals surface area contributed by atoms with E-state index in [-0.39, 0.29) is 45.0 Å². The molecule has 0 saturated heterocycles. The minimum atomic E-state index is -1.00. The van der Waals surface area contributed by atoms with Crippen LogP contribution in [0.1, 0.15) is 60.8 Å². The second kappa shape index (κ2) is 21.9. The van der Waals surface area contributed by atoms with Crippen LogP contribution in [0.2, 0.25) is 0 Å². The van der Waals surface area contributed by atoms with Crippen molar-refractivity contribution in [2.75, 3.05) is 19.8 Å². The van der Waals surface area contributed by atoms with E-state index in [0.717, 1.165) is 33.4 Å². The molecule has 11 nitrogen and oxygen atoms in total. The van der Waals surface area contributed by atoms with Crippen LogP contribution in [0.25, 0.3) is 11.1 Å². The third-order valence-corrected chi connectivity index (χ3v) is 9.94. The van der Waals surface area contributed by atoms with Gasteiger partial charge in [0.1, 0.15) is 31.6 Å². The number of aliphatic hydroxyl groups excluding tert-OH is 1. The van der Waals surface area contributed by atoms with Gasteiger partial charge in [-0.25, -0.2) is 9.59 Å². The van der Waals surface area contributed by atoms with E-state index in [1.165, 1.54) is 0 Å². The number of carbonyl (C=O) groups excluding carboxylic acids is 4. The first-order chi connectivity index (χ1) is 28.2. The molecule has 4 aromatic rings. The number of hydrogen-bond acceptors (Lipinski definition) is 8. The number of hydrogen-bond donors (Lipinski definition) is 4. The lowest BCUT2D eigenvalue weighted by Crippen LogP contribution is -2.45. The Bertz CT molecular complexity index is 1960. The number of carbonyl (C=O) groups is 4. The number of amides is 3. The first-order valence-corrected chi connectivity index (χ1v) is 19.6. The predicted octanol–water partition coefficient (Wildman–Crippen LogP) is 6.79. The van der Waals surface area contributed by atoms with Crippen molar-refractivity contribution in [2.24, 2.45) is 5.92 Å². The Labute approximate surface area is 340 Å². The Morgan fingerprint density at radius 3 is 2.07 bits per heavy atom. The first-order valence-electron chi connectivity index (χ1n) is 19.6. The average Bonchev–Trinajstić information content (AvgIpc) is 3.56. The van der Waals surface area contributed by atoms with Gasteiger partial charge in [-0.3, -0.25) is 9.59 Å². The number of rotatable bonds is 22. The highest BCUT2D eigenvalue weighted by Crippen LogP contribution is 2.44. The molecule has 0 saturated carbocycles. The van der Waals surface area contributed by atoms with Crippen molar-refractivity contribution in [3.05, 3.63) is 151 Å². The summed E-state index contributed by atoms with van der Waals surface area (Å²) in [7, 11) is 0. The molecule has 11 heteroatoms. The van der Waals surface area contributed by atoms with E-state index in [9.17, 15) is 24.3 Å². The van der Waals surface area contributed by atoms with Crippen molar-refractivity contribution in [1.29, 1.82) is 0 Å². The highest BCUT2D eigenvalue weighted by Gasteiger charge is 2.30. The number of nitrogens with one attached hydrogen (secondary N) is 3. The first kappa shape index (κ1) is 42.9. The van der Waals surface area contributed by atoms with E-state index in [2.05, 4.69) is 41.2 Å². The Kier molecular flexibility index (Phi) is 16.2. The van der Waals surface area contributed by atoms with Gasteiger partial charge >= 0.3 is 12.1 Å². The van der Waals surface area contributed by atoms with Crippen molar-refractivity contribution < 1.29 is 38.5 Å². The van der Waals surface area contributed by atoms with E-state index in [1.807, 2.05) is 91.0 Å². The van der Waals surface area contributed by atoms with Gasteiger partial charge in [0.15, 0.2) is 0 Å². The summed E-state index contributed by atoms with van der Waals surface area (Å²) in [5.41, 5.74) is 6.31. The van der Waals surface area contributed by atoms with Crippen LogP contribution in [0, 0.1) is 5.92 Å². The molecule has 4 aromatic carbocycles. The van der Waals surface area contributed by atoms with Gasteiger partial charge in [0, 0.05) is 12.3 Å². The van der Waals surface area contributed by atoms with Gasteiger partial charge in [0.05, 0.1) is 24.6 Å². The molecule has 4 unspecified atom stereocenters. The maximum Gasteiger partial charge on any atom is 0.407 e. The SMILES string of the molecule is C=CCCC(NC(=O)OCC1c2ccccc2-c2ccccc21)C(=O)OCC(C)NC(=O)C(CC=C)CC(=O)NC(CO)Cc1ccc(OCc2ccccc2)cc1. The third-order valence-electron chi connectivity index (χ3n) is 9.94. The van der Waals surface area contributed by atoms with E-state index < -0.39 is 47.9 Å². The number of ether oxygens (including phenoxy) is 3. The van der Waals surface area contributed by atoms with Crippen molar-refractivity contribution in [3.8, 4) is 16.9 Å². The summed E-state index contributed by atoms with van der Waals surface area (Å²) in [5.74, 6) is -1.66. The van der Waals surface area contributed by atoms with Gasteiger partial charge in [-0.05, 0) is 78.1 Å². The summed E-state index contributed by atoms with van der Waals surface area (Å²) in [6.45, 7) is 9.21. The molecule has 0 aromatic heterocycles. The molecule has 5 rings (SSSR count). The van der Waals surface area contributed by atoms with Crippen LogP contribution >= 0.6 is 0 Å². The quantitative estimate of drug-likeness (QED) is 0.0502. The number of esters is 1. The predicted molar refractivity (Wildman–Crippen MR) is 223 cm³/mol. The minimum absolute atomic E-state index is 0.0935. The Morgan fingerprint density at radius 1 is 0.776 bits per heavy atom. The number of fused-ring (bicyclic) bond motifs is 3. The normalized spacial score (nSPS) is 13.7. The summed E-state index contributed by atoms with van der Waals surface area (Å²) < 4.78 is 17.0. The number of alkyl carbamates (subject to hydrolysis) is 1.